The van der Waals surface area contributed by atoms with Gasteiger partial charge in [-0.3, -0.25) is 0 Å². The van der Waals surface area contributed by atoms with E-state index >= 15 is 0 Å². The van der Waals surface area contributed by atoms with Crippen molar-refractivity contribution in [2.24, 2.45) is 0 Å². The molecule has 112 valence electrons. The molecular weight excluding hydrogens is 288 g/mol. The number of hydrogen-bond donors (Lipinski definition) is 1. The number of nitrogens with zero attached hydrogens (tertiary/aromatic N) is 4. The smallest absolute Gasteiger partial charge is 0.420 e. The van der Waals surface area contributed by atoms with Crippen molar-refractivity contribution in [1.82, 2.24) is 19.1 Å². The Balaban J connectivity index is 0.000000220. The van der Waals surface area contributed by atoms with E-state index in [-0.39, 0.29) is 13.0 Å². The van der Waals surface area contributed by atoms with Gasteiger partial charge in [0, 0.05) is 24.8 Å². The number of carboxylic acid groups (broad SMARTS) is 1. The van der Waals surface area contributed by atoms with Crippen LogP contribution in [0, 0.1) is 24.7 Å². The maximum Gasteiger partial charge on any atom is 0.420 e. The Morgan fingerprint density at radius 3 is 2.59 bits per heavy atom. The monoisotopic (exact) mass is 300 g/mol. The summed E-state index contributed by atoms with van der Waals surface area (Å²) in [5.74, 6) is 4.88. The number of terminal acetylenes is 2. The van der Waals surface area contributed by atoms with Crippen molar-refractivity contribution in [3.63, 3.8) is 0 Å². The highest BCUT2D eigenvalue weighted by molar-refractivity contribution is 5.70. The first-order valence-electron chi connectivity index (χ1n) is 5.87. The van der Waals surface area contributed by atoms with Crippen molar-refractivity contribution in [2.45, 2.75) is 6.42 Å². The molecular formula is C14H12N4O4. The SMILES string of the molecule is C#CCOC(=O)n1ccnc1.C#CCc1nccn1C(=O)O. The van der Waals surface area contributed by atoms with Gasteiger partial charge >= 0.3 is 12.2 Å². The van der Waals surface area contributed by atoms with Gasteiger partial charge in [-0.1, -0.05) is 11.8 Å². The molecule has 0 aliphatic heterocycles. The minimum Gasteiger partial charge on any atom is -0.464 e. The summed E-state index contributed by atoms with van der Waals surface area (Å²) in [5, 5.41) is 8.54. The van der Waals surface area contributed by atoms with E-state index in [4.69, 9.17) is 18.0 Å². The van der Waals surface area contributed by atoms with E-state index in [1.807, 2.05) is 0 Å². The van der Waals surface area contributed by atoms with Crippen LogP contribution in [-0.4, -0.2) is 43.0 Å². The molecule has 0 spiro atoms. The fourth-order valence-electron chi connectivity index (χ4n) is 1.28. The lowest BCUT2D eigenvalue weighted by molar-refractivity contribution is 0.162. The van der Waals surface area contributed by atoms with E-state index in [2.05, 4.69) is 26.5 Å². The summed E-state index contributed by atoms with van der Waals surface area (Å²) < 4.78 is 6.79. The van der Waals surface area contributed by atoms with E-state index in [1.165, 1.54) is 35.7 Å². The fraction of sp³-hybridized carbons (Fsp3) is 0.143. The topological polar surface area (TPSA) is 99.2 Å². The summed E-state index contributed by atoms with van der Waals surface area (Å²) in [5.41, 5.74) is 0. The normalized spacial score (nSPS) is 8.82. The molecule has 2 heterocycles. The lowest BCUT2D eigenvalue weighted by atomic mass is 10.4. The van der Waals surface area contributed by atoms with Gasteiger partial charge in [0.15, 0.2) is 6.61 Å². The highest BCUT2D eigenvalue weighted by Gasteiger charge is 2.05. The zero-order chi connectivity index (χ0) is 16.4. The molecule has 0 aliphatic carbocycles. The highest BCUT2D eigenvalue weighted by Crippen LogP contribution is 1.96. The molecule has 0 radical (unpaired) electrons. The average molecular weight is 300 g/mol. The fourth-order valence-corrected chi connectivity index (χ4v) is 1.28. The molecule has 8 nitrogen and oxygen atoms in total. The van der Waals surface area contributed by atoms with Crippen LogP contribution in [-0.2, 0) is 11.2 Å². The van der Waals surface area contributed by atoms with Gasteiger partial charge < -0.3 is 9.84 Å². The molecule has 0 saturated carbocycles. The summed E-state index contributed by atoms with van der Waals surface area (Å²) in [4.78, 5) is 28.7. The second-order valence-electron chi connectivity index (χ2n) is 3.61. The molecule has 0 bridgehead atoms. The van der Waals surface area contributed by atoms with Gasteiger partial charge in [0.25, 0.3) is 0 Å². The molecule has 2 rings (SSSR count). The van der Waals surface area contributed by atoms with E-state index in [1.54, 1.807) is 0 Å². The van der Waals surface area contributed by atoms with Crippen molar-refractivity contribution in [2.75, 3.05) is 6.61 Å². The highest BCUT2D eigenvalue weighted by atomic mass is 16.5. The lowest BCUT2D eigenvalue weighted by Gasteiger charge is -1.98. The van der Waals surface area contributed by atoms with E-state index in [0.717, 1.165) is 4.57 Å². The summed E-state index contributed by atoms with van der Waals surface area (Å²) in [7, 11) is 0. The molecule has 0 aromatic carbocycles. The third-order valence-electron chi connectivity index (χ3n) is 2.18. The van der Waals surface area contributed by atoms with Crippen LogP contribution in [0.2, 0.25) is 0 Å². The number of rotatable bonds is 2. The average Bonchev–Trinajstić information content (AvgIpc) is 3.16. The predicted octanol–water partition coefficient (Wildman–Crippen LogP) is 1.09. The van der Waals surface area contributed by atoms with Crippen LogP contribution in [0.1, 0.15) is 5.82 Å². The molecule has 0 unspecified atom stereocenters. The van der Waals surface area contributed by atoms with Gasteiger partial charge in [-0.2, -0.15) is 0 Å². The molecule has 0 fully saturated rings. The standard InChI is InChI=1S/2C7H6N2O2/c1-2-5-11-7(10)9-4-3-8-6-9;1-2-3-6-8-4-5-9(6)7(10)11/h1,3-4,6H,5H2;1,4-5H,3H2,(H,10,11). The molecule has 0 aliphatic rings. The predicted molar refractivity (Wildman–Crippen MR) is 76.0 cm³/mol. The van der Waals surface area contributed by atoms with Gasteiger partial charge in [0.05, 0.1) is 6.42 Å². The van der Waals surface area contributed by atoms with Gasteiger partial charge in [-0.15, -0.1) is 12.8 Å². The van der Waals surface area contributed by atoms with Crippen LogP contribution in [0.4, 0.5) is 9.59 Å². The molecule has 8 heteroatoms. The summed E-state index contributed by atoms with van der Waals surface area (Å²) >= 11 is 0. The molecule has 0 saturated heterocycles. The van der Waals surface area contributed by atoms with Crippen molar-refractivity contribution in [3.8, 4) is 24.7 Å². The molecule has 0 amide bonds. The number of hydrogen-bond acceptors (Lipinski definition) is 5. The molecule has 2 aromatic rings. The maximum atomic E-state index is 10.9. The number of ether oxygens (including phenoxy) is 1. The molecule has 2 aromatic heterocycles. The summed E-state index contributed by atoms with van der Waals surface area (Å²) in [6.45, 7) is -0.0169. The Labute approximate surface area is 126 Å². The number of carbonyl (C=O) groups excluding carboxylic acids is 1. The number of carbonyl (C=O) groups is 2. The maximum absolute atomic E-state index is 10.9. The zero-order valence-corrected chi connectivity index (χ0v) is 11.4. The van der Waals surface area contributed by atoms with Crippen molar-refractivity contribution in [1.29, 1.82) is 0 Å². The molecule has 22 heavy (non-hydrogen) atoms. The number of imidazole rings is 2. The number of aromatic nitrogens is 4. The first-order chi connectivity index (χ1) is 10.6. The third-order valence-corrected chi connectivity index (χ3v) is 2.18. The van der Waals surface area contributed by atoms with E-state index < -0.39 is 12.2 Å². The first kappa shape index (κ1) is 16.5. The van der Waals surface area contributed by atoms with Crippen LogP contribution >= 0.6 is 0 Å². The second-order valence-corrected chi connectivity index (χ2v) is 3.61. The van der Waals surface area contributed by atoms with Crippen LogP contribution in [0.25, 0.3) is 0 Å². The zero-order valence-electron chi connectivity index (χ0n) is 11.4. The molecule has 1 N–H and O–H groups in total. The Kier molecular flexibility index (Phi) is 6.47. The molecule has 0 atom stereocenters. The quantitative estimate of drug-likeness (QED) is 0.833. The van der Waals surface area contributed by atoms with E-state index in [9.17, 15) is 9.59 Å². The largest absolute Gasteiger partial charge is 0.464 e. The van der Waals surface area contributed by atoms with Crippen LogP contribution < -0.4 is 0 Å². The van der Waals surface area contributed by atoms with Crippen molar-refractivity contribution in [3.05, 3.63) is 36.9 Å². The van der Waals surface area contributed by atoms with Gasteiger partial charge in [0.2, 0.25) is 0 Å². The summed E-state index contributed by atoms with van der Waals surface area (Å²) in [6.07, 6.45) is 15.6. The van der Waals surface area contributed by atoms with Crippen LogP contribution in [0.3, 0.4) is 0 Å². The van der Waals surface area contributed by atoms with Crippen molar-refractivity contribution >= 4 is 12.2 Å². The van der Waals surface area contributed by atoms with Gasteiger partial charge in [-0.05, 0) is 0 Å². The first-order valence-corrected chi connectivity index (χ1v) is 5.87. The minimum absolute atomic E-state index is 0.0169. The van der Waals surface area contributed by atoms with Gasteiger partial charge in [-0.25, -0.2) is 28.7 Å². The Bertz CT molecular complexity index is 704. The summed E-state index contributed by atoms with van der Waals surface area (Å²) in [6, 6.07) is 0. The van der Waals surface area contributed by atoms with Crippen LogP contribution in [0.15, 0.2) is 31.1 Å². The minimum atomic E-state index is -1.06. The van der Waals surface area contributed by atoms with Crippen molar-refractivity contribution < 1.29 is 19.4 Å². The Morgan fingerprint density at radius 2 is 2.05 bits per heavy atom. The third kappa shape index (κ3) is 4.87. The van der Waals surface area contributed by atoms with Gasteiger partial charge in [0.1, 0.15) is 12.2 Å². The lowest BCUT2D eigenvalue weighted by Crippen LogP contribution is -2.11. The second kappa shape index (κ2) is 8.61. The van der Waals surface area contributed by atoms with E-state index in [0.29, 0.717) is 5.82 Å². The Hall–Kier alpha value is -3.52. The Morgan fingerprint density at radius 1 is 1.27 bits per heavy atom. The van der Waals surface area contributed by atoms with Crippen LogP contribution in [0.5, 0.6) is 0 Å².